The van der Waals surface area contributed by atoms with Gasteiger partial charge in [-0.15, -0.1) is 0 Å². The lowest BCUT2D eigenvalue weighted by molar-refractivity contribution is 0.199. The van der Waals surface area contributed by atoms with Gasteiger partial charge in [-0.05, 0) is 46.7 Å². The first-order valence-electron chi connectivity index (χ1n) is 5.75. The van der Waals surface area contributed by atoms with Gasteiger partial charge < -0.3 is 10.4 Å². The molecule has 2 atom stereocenters. The van der Waals surface area contributed by atoms with E-state index in [0.717, 1.165) is 16.7 Å². The Kier molecular flexibility index (Phi) is 4.18. The highest BCUT2D eigenvalue weighted by Crippen LogP contribution is 2.31. The first-order valence-corrected chi connectivity index (χ1v) is 6.54. The van der Waals surface area contributed by atoms with Crippen LogP contribution in [0.4, 0.5) is 5.69 Å². The molecule has 0 saturated heterocycles. The Morgan fingerprint density at radius 3 is 2.94 bits per heavy atom. The first kappa shape index (κ1) is 11.9. The summed E-state index contributed by atoms with van der Waals surface area (Å²) in [6, 6.07) is 2.02. The molecule has 1 aromatic rings. The molecule has 0 aromatic carbocycles. The van der Waals surface area contributed by atoms with Crippen LogP contribution in [0.5, 0.6) is 0 Å². The fourth-order valence-corrected chi connectivity index (χ4v) is 2.75. The Balaban J connectivity index is 1.87. The average molecular weight is 285 g/mol. The molecule has 1 aliphatic carbocycles. The largest absolute Gasteiger partial charge is 0.396 e. The van der Waals surface area contributed by atoms with E-state index in [9.17, 15) is 5.11 Å². The molecule has 1 heterocycles. The van der Waals surface area contributed by atoms with Crippen molar-refractivity contribution in [2.24, 2.45) is 11.8 Å². The van der Waals surface area contributed by atoms with Gasteiger partial charge in [0.05, 0.1) is 11.9 Å². The Bertz CT molecular complexity index is 346. The summed E-state index contributed by atoms with van der Waals surface area (Å²) in [5.74, 6) is 1.08. The summed E-state index contributed by atoms with van der Waals surface area (Å²) in [4.78, 5) is 4.11. The van der Waals surface area contributed by atoms with E-state index in [2.05, 4.69) is 26.2 Å². The third-order valence-corrected chi connectivity index (χ3v) is 3.76. The van der Waals surface area contributed by atoms with Crippen molar-refractivity contribution in [2.45, 2.75) is 19.3 Å². The molecule has 16 heavy (non-hydrogen) atoms. The van der Waals surface area contributed by atoms with Crippen molar-refractivity contribution in [1.29, 1.82) is 0 Å². The van der Waals surface area contributed by atoms with E-state index < -0.39 is 0 Å². The number of anilines is 1. The molecule has 0 radical (unpaired) electrons. The van der Waals surface area contributed by atoms with E-state index in [1.807, 2.05) is 12.3 Å². The molecular formula is C12H17BrN2O. The van der Waals surface area contributed by atoms with Crippen LogP contribution in [0.25, 0.3) is 0 Å². The number of hydrogen-bond donors (Lipinski definition) is 2. The predicted octanol–water partition coefficient (Wildman–Crippen LogP) is 2.66. The van der Waals surface area contributed by atoms with Crippen molar-refractivity contribution in [3.63, 3.8) is 0 Å². The van der Waals surface area contributed by atoms with Gasteiger partial charge in [-0.25, -0.2) is 0 Å². The molecule has 0 bridgehead atoms. The van der Waals surface area contributed by atoms with Crippen LogP contribution in [0, 0.1) is 11.8 Å². The highest BCUT2D eigenvalue weighted by molar-refractivity contribution is 9.10. The average Bonchev–Trinajstić information content (AvgIpc) is 2.74. The van der Waals surface area contributed by atoms with E-state index in [-0.39, 0.29) is 0 Å². The second-order valence-corrected chi connectivity index (χ2v) is 5.32. The van der Waals surface area contributed by atoms with Crippen LogP contribution in [-0.4, -0.2) is 23.2 Å². The van der Waals surface area contributed by atoms with Crippen molar-refractivity contribution in [3.05, 3.63) is 22.9 Å². The number of nitrogens with one attached hydrogen (secondary N) is 1. The van der Waals surface area contributed by atoms with Crippen LogP contribution < -0.4 is 5.32 Å². The monoisotopic (exact) mass is 284 g/mol. The maximum absolute atomic E-state index is 9.23. The summed E-state index contributed by atoms with van der Waals surface area (Å²) in [7, 11) is 0. The molecule has 0 aliphatic heterocycles. The predicted molar refractivity (Wildman–Crippen MR) is 68.3 cm³/mol. The van der Waals surface area contributed by atoms with Crippen molar-refractivity contribution >= 4 is 21.6 Å². The van der Waals surface area contributed by atoms with Crippen molar-refractivity contribution in [1.82, 2.24) is 4.98 Å². The molecule has 1 aromatic heterocycles. The van der Waals surface area contributed by atoms with Gasteiger partial charge in [-0.1, -0.05) is 6.42 Å². The summed E-state index contributed by atoms with van der Waals surface area (Å²) >= 11 is 3.40. The normalized spacial score (nSPS) is 24.6. The molecule has 1 fully saturated rings. The maximum atomic E-state index is 9.23. The smallest absolute Gasteiger partial charge is 0.0538 e. The standard InChI is InChI=1S/C12H17BrN2O/c13-11-4-12(7-14-6-11)15-5-9-2-1-3-10(9)8-16/h4,6-7,9-10,15-16H,1-3,5,8H2. The number of nitrogens with zero attached hydrogens (tertiary/aromatic N) is 1. The minimum absolute atomic E-state index is 0.323. The second-order valence-electron chi connectivity index (χ2n) is 4.41. The number of aliphatic hydroxyl groups is 1. The summed E-state index contributed by atoms with van der Waals surface area (Å²) in [6.45, 7) is 1.26. The van der Waals surface area contributed by atoms with Crippen molar-refractivity contribution < 1.29 is 5.11 Å². The minimum atomic E-state index is 0.323. The molecular weight excluding hydrogens is 268 g/mol. The zero-order chi connectivity index (χ0) is 11.4. The fourth-order valence-electron chi connectivity index (χ4n) is 2.38. The van der Waals surface area contributed by atoms with Gasteiger partial charge >= 0.3 is 0 Å². The summed E-state index contributed by atoms with van der Waals surface area (Å²) in [5, 5.41) is 12.6. The number of halogens is 1. The van der Waals surface area contributed by atoms with Crippen LogP contribution in [0.2, 0.25) is 0 Å². The van der Waals surface area contributed by atoms with E-state index in [0.29, 0.717) is 18.4 Å². The van der Waals surface area contributed by atoms with Crippen LogP contribution in [-0.2, 0) is 0 Å². The highest BCUT2D eigenvalue weighted by atomic mass is 79.9. The van der Waals surface area contributed by atoms with E-state index in [1.165, 1.54) is 19.3 Å². The van der Waals surface area contributed by atoms with Gasteiger partial charge in [0.1, 0.15) is 0 Å². The Morgan fingerprint density at radius 1 is 1.38 bits per heavy atom. The maximum Gasteiger partial charge on any atom is 0.0538 e. The van der Waals surface area contributed by atoms with Crippen LogP contribution >= 0.6 is 15.9 Å². The molecule has 0 spiro atoms. The number of pyridine rings is 1. The number of aromatic nitrogens is 1. The number of hydrogen-bond acceptors (Lipinski definition) is 3. The minimum Gasteiger partial charge on any atom is -0.396 e. The zero-order valence-electron chi connectivity index (χ0n) is 9.19. The molecule has 4 heteroatoms. The molecule has 1 saturated carbocycles. The third kappa shape index (κ3) is 2.95. The van der Waals surface area contributed by atoms with Crippen LogP contribution in [0.15, 0.2) is 22.9 Å². The topological polar surface area (TPSA) is 45.1 Å². The quantitative estimate of drug-likeness (QED) is 0.894. The Labute approximate surface area is 104 Å². The molecule has 3 nitrogen and oxygen atoms in total. The number of aliphatic hydroxyl groups excluding tert-OH is 1. The van der Waals surface area contributed by atoms with Crippen LogP contribution in [0.1, 0.15) is 19.3 Å². The molecule has 2 rings (SSSR count). The summed E-state index contributed by atoms with van der Waals surface area (Å²) < 4.78 is 0.989. The van der Waals surface area contributed by atoms with E-state index >= 15 is 0 Å². The number of rotatable bonds is 4. The zero-order valence-corrected chi connectivity index (χ0v) is 10.8. The fraction of sp³-hybridized carbons (Fsp3) is 0.583. The second kappa shape index (κ2) is 5.64. The lowest BCUT2D eigenvalue weighted by Crippen LogP contribution is -2.20. The van der Waals surface area contributed by atoms with Gasteiger partial charge in [-0.3, -0.25) is 4.98 Å². The van der Waals surface area contributed by atoms with Crippen molar-refractivity contribution in [3.8, 4) is 0 Å². The van der Waals surface area contributed by atoms with Gasteiger partial charge in [0, 0.05) is 23.8 Å². The highest BCUT2D eigenvalue weighted by Gasteiger charge is 2.26. The van der Waals surface area contributed by atoms with Crippen molar-refractivity contribution in [2.75, 3.05) is 18.5 Å². The van der Waals surface area contributed by atoms with E-state index in [1.54, 1.807) is 6.20 Å². The Hall–Kier alpha value is -0.610. The molecule has 0 amide bonds. The molecule has 88 valence electrons. The lowest BCUT2D eigenvalue weighted by atomic mass is 9.97. The third-order valence-electron chi connectivity index (χ3n) is 3.32. The Morgan fingerprint density at radius 2 is 2.19 bits per heavy atom. The molecule has 1 aliphatic rings. The van der Waals surface area contributed by atoms with E-state index in [4.69, 9.17) is 0 Å². The van der Waals surface area contributed by atoms with Gasteiger partial charge in [-0.2, -0.15) is 0 Å². The summed E-state index contributed by atoms with van der Waals surface area (Å²) in [6.07, 6.45) is 7.23. The molecule has 2 N–H and O–H groups in total. The van der Waals surface area contributed by atoms with Crippen LogP contribution in [0.3, 0.4) is 0 Å². The van der Waals surface area contributed by atoms with Gasteiger partial charge in [0.15, 0.2) is 0 Å². The SMILES string of the molecule is OCC1CCCC1CNc1cncc(Br)c1. The first-order chi connectivity index (χ1) is 7.79. The lowest BCUT2D eigenvalue weighted by Gasteiger charge is -2.18. The summed E-state index contributed by atoms with van der Waals surface area (Å²) in [5.41, 5.74) is 1.04. The molecule has 2 unspecified atom stereocenters. The van der Waals surface area contributed by atoms with Gasteiger partial charge in [0.2, 0.25) is 0 Å². The van der Waals surface area contributed by atoms with Gasteiger partial charge in [0.25, 0.3) is 0 Å².